The van der Waals surface area contributed by atoms with Gasteiger partial charge in [0.2, 0.25) is 0 Å². The molecule has 3 nitrogen and oxygen atoms in total. The largest absolute Gasteiger partial charge is 0.406 e. The fourth-order valence-electron chi connectivity index (χ4n) is 2.43. The van der Waals surface area contributed by atoms with E-state index in [1.54, 1.807) is 0 Å². The Kier molecular flexibility index (Phi) is 5.92. The molecule has 0 aliphatic carbocycles. The smallest absolute Gasteiger partial charge is 0.392 e. The van der Waals surface area contributed by atoms with Gasteiger partial charge in [0, 0.05) is 0 Å². The van der Waals surface area contributed by atoms with Gasteiger partial charge in [-0.2, -0.15) is 26.3 Å². The van der Waals surface area contributed by atoms with E-state index in [2.05, 4.69) is 4.74 Å². The second-order valence-electron chi connectivity index (χ2n) is 5.51. The molecule has 0 aliphatic rings. The highest BCUT2D eigenvalue weighted by atomic mass is 19.4. The van der Waals surface area contributed by atoms with Crippen molar-refractivity contribution in [1.29, 1.82) is 0 Å². The minimum absolute atomic E-state index is 0.550. The molecular formula is C18H12F6O3. The van der Waals surface area contributed by atoms with Crippen LogP contribution in [0.5, 0.6) is 0 Å². The monoisotopic (exact) mass is 390 g/mol. The Morgan fingerprint density at radius 2 is 0.926 bits per heavy atom. The Bertz CT molecular complexity index is 717. The van der Waals surface area contributed by atoms with Crippen LogP contribution >= 0.6 is 0 Å². The average Bonchev–Trinajstić information content (AvgIpc) is 2.54. The van der Waals surface area contributed by atoms with E-state index in [9.17, 15) is 35.9 Å². The zero-order valence-corrected chi connectivity index (χ0v) is 13.4. The molecule has 0 saturated carbocycles. The Labute approximate surface area is 149 Å². The van der Waals surface area contributed by atoms with Crippen molar-refractivity contribution in [3.05, 3.63) is 71.8 Å². The molecule has 2 atom stereocenters. The van der Waals surface area contributed by atoms with E-state index in [0.717, 1.165) is 24.3 Å². The van der Waals surface area contributed by atoms with E-state index < -0.39 is 47.3 Å². The summed E-state index contributed by atoms with van der Waals surface area (Å²) in [6, 6.07) is 11.5. The highest BCUT2D eigenvalue weighted by Gasteiger charge is 2.51. The van der Waals surface area contributed by atoms with Crippen LogP contribution in [0.15, 0.2) is 60.7 Å². The van der Waals surface area contributed by atoms with Crippen LogP contribution in [0.3, 0.4) is 0 Å². The molecule has 2 aromatic carbocycles. The molecule has 0 heterocycles. The molecule has 2 rings (SSSR count). The molecule has 27 heavy (non-hydrogen) atoms. The molecule has 0 spiro atoms. The van der Waals surface area contributed by atoms with E-state index in [0.29, 0.717) is 0 Å². The number of carbonyl (C=O) groups excluding carboxylic acids is 2. The summed E-state index contributed by atoms with van der Waals surface area (Å²) in [4.78, 5) is 23.9. The third-order valence-electron chi connectivity index (χ3n) is 3.59. The predicted octanol–water partition coefficient (Wildman–Crippen LogP) is 4.75. The van der Waals surface area contributed by atoms with Crippen LogP contribution in [0.25, 0.3) is 0 Å². The number of rotatable bonds is 4. The number of carbonyl (C=O) groups is 2. The van der Waals surface area contributed by atoms with E-state index in [1.165, 1.54) is 36.4 Å². The fourth-order valence-corrected chi connectivity index (χ4v) is 2.43. The minimum atomic E-state index is -5.15. The van der Waals surface area contributed by atoms with Gasteiger partial charge < -0.3 is 4.74 Å². The first kappa shape index (κ1) is 20.5. The van der Waals surface area contributed by atoms with Crippen molar-refractivity contribution < 1.29 is 40.7 Å². The van der Waals surface area contributed by atoms with Gasteiger partial charge >= 0.3 is 24.3 Å². The minimum Gasteiger partial charge on any atom is -0.392 e. The van der Waals surface area contributed by atoms with Gasteiger partial charge in [-0.1, -0.05) is 60.7 Å². The predicted molar refractivity (Wildman–Crippen MR) is 81.6 cm³/mol. The molecule has 144 valence electrons. The zero-order valence-electron chi connectivity index (χ0n) is 13.4. The second-order valence-corrected chi connectivity index (χ2v) is 5.51. The first-order valence-corrected chi connectivity index (χ1v) is 7.50. The van der Waals surface area contributed by atoms with Crippen LogP contribution in [0.4, 0.5) is 26.3 Å². The van der Waals surface area contributed by atoms with Crippen LogP contribution in [0, 0.1) is 0 Å². The van der Waals surface area contributed by atoms with Crippen LogP contribution < -0.4 is 0 Å². The maximum Gasteiger partial charge on any atom is 0.406 e. The molecule has 0 radical (unpaired) electrons. The van der Waals surface area contributed by atoms with Crippen LogP contribution in [0.1, 0.15) is 23.0 Å². The Hall–Kier alpha value is -2.84. The summed E-state index contributed by atoms with van der Waals surface area (Å²) < 4.78 is 83.4. The number of alkyl halides is 6. The van der Waals surface area contributed by atoms with Crippen molar-refractivity contribution in [2.45, 2.75) is 24.2 Å². The summed E-state index contributed by atoms with van der Waals surface area (Å²) in [6.45, 7) is 0. The van der Waals surface area contributed by atoms with Gasteiger partial charge in [-0.25, -0.2) is 0 Å². The standard InChI is InChI=1S/C18H12F6O3/c19-17(20,21)13(11-7-3-1-4-8-11)15(25)27-16(26)14(18(22,23)24)12-9-5-2-6-10-12/h1-10,13-14H. The molecular weight excluding hydrogens is 378 g/mol. The fraction of sp³-hybridized carbons (Fsp3) is 0.222. The normalized spacial score (nSPS) is 14.3. The molecule has 0 fully saturated rings. The molecule has 2 unspecified atom stereocenters. The number of halogens is 6. The Morgan fingerprint density at radius 3 is 1.19 bits per heavy atom. The highest BCUT2D eigenvalue weighted by molar-refractivity contribution is 5.93. The van der Waals surface area contributed by atoms with E-state index in [1.807, 2.05) is 0 Å². The van der Waals surface area contributed by atoms with Gasteiger partial charge in [0.15, 0.2) is 11.8 Å². The number of hydrogen-bond donors (Lipinski definition) is 0. The van der Waals surface area contributed by atoms with E-state index in [4.69, 9.17) is 0 Å². The lowest BCUT2D eigenvalue weighted by atomic mass is 9.97. The lowest BCUT2D eigenvalue weighted by Crippen LogP contribution is -2.36. The van der Waals surface area contributed by atoms with Gasteiger partial charge in [-0.05, 0) is 11.1 Å². The van der Waals surface area contributed by atoms with Gasteiger partial charge in [-0.15, -0.1) is 0 Å². The van der Waals surface area contributed by atoms with Crippen molar-refractivity contribution in [3.63, 3.8) is 0 Å². The maximum absolute atomic E-state index is 13.2. The van der Waals surface area contributed by atoms with Gasteiger partial charge in [0.25, 0.3) is 0 Å². The number of benzene rings is 2. The topological polar surface area (TPSA) is 43.4 Å². The molecule has 0 aromatic heterocycles. The van der Waals surface area contributed by atoms with Gasteiger partial charge in [0.05, 0.1) is 0 Å². The van der Waals surface area contributed by atoms with E-state index >= 15 is 0 Å². The summed E-state index contributed by atoms with van der Waals surface area (Å²) in [5.74, 6) is -10.0. The van der Waals surface area contributed by atoms with Crippen molar-refractivity contribution >= 4 is 11.9 Å². The highest BCUT2D eigenvalue weighted by Crippen LogP contribution is 2.39. The maximum atomic E-state index is 13.2. The second kappa shape index (κ2) is 7.81. The van der Waals surface area contributed by atoms with Crippen LogP contribution in [-0.4, -0.2) is 24.3 Å². The molecule has 0 saturated heterocycles. The van der Waals surface area contributed by atoms with Crippen molar-refractivity contribution in [3.8, 4) is 0 Å². The van der Waals surface area contributed by atoms with Crippen molar-refractivity contribution in [1.82, 2.24) is 0 Å². The number of hydrogen-bond acceptors (Lipinski definition) is 3. The zero-order chi connectivity index (χ0) is 20.2. The molecule has 0 aliphatic heterocycles. The lowest BCUT2D eigenvalue weighted by molar-refractivity contribution is -0.194. The first-order valence-electron chi connectivity index (χ1n) is 7.50. The molecule has 0 N–H and O–H groups in total. The Morgan fingerprint density at radius 1 is 0.630 bits per heavy atom. The number of ether oxygens (including phenoxy) is 1. The van der Waals surface area contributed by atoms with Crippen molar-refractivity contribution in [2.24, 2.45) is 0 Å². The SMILES string of the molecule is O=C(OC(=O)C(c1ccccc1)C(F)(F)F)C(c1ccccc1)C(F)(F)F. The third kappa shape index (κ3) is 5.08. The summed E-state index contributed by atoms with van der Waals surface area (Å²) >= 11 is 0. The quantitative estimate of drug-likeness (QED) is 0.430. The third-order valence-corrected chi connectivity index (χ3v) is 3.59. The number of esters is 2. The van der Waals surface area contributed by atoms with Gasteiger partial charge in [0.1, 0.15) is 0 Å². The Balaban J connectivity index is 2.32. The van der Waals surface area contributed by atoms with E-state index in [-0.39, 0.29) is 0 Å². The molecule has 9 heteroatoms. The molecule has 0 amide bonds. The summed E-state index contributed by atoms with van der Waals surface area (Å²) in [5, 5.41) is 0. The summed E-state index contributed by atoms with van der Waals surface area (Å²) in [6.07, 6.45) is -10.3. The van der Waals surface area contributed by atoms with Crippen LogP contribution in [-0.2, 0) is 14.3 Å². The van der Waals surface area contributed by atoms with Crippen LogP contribution in [0.2, 0.25) is 0 Å². The lowest BCUT2D eigenvalue weighted by Gasteiger charge is -2.22. The molecule has 2 aromatic rings. The molecule has 0 bridgehead atoms. The summed E-state index contributed by atoms with van der Waals surface area (Å²) in [7, 11) is 0. The first-order chi connectivity index (χ1) is 12.5. The van der Waals surface area contributed by atoms with Gasteiger partial charge in [-0.3, -0.25) is 9.59 Å². The summed E-state index contributed by atoms with van der Waals surface area (Å²) in [5.41, 5.74) is -1.10. The van der Waals surface area contributed by atoms with Crippen molar-refractivity contribution in [2.75, 3.05) is 0 Å². The average molecular weight is 390 g/mol.